The molecule has 1 aliphatic rings. The maximum absolute atomic E-state index is 2.51. The molecule has 0 amide bonds. The van der Waals surface area contributed by atoms with Gasteiger partial charge in [0, 0.05) is 0 Å². The van der Waals surface area contributed by atoms with Crippen LogP contribution < -0.4 is 0 Å². The summed E-state index contributed by atoms with van der Waals surface area (Å²) in [5.74, 6) is 2.16. The molecule has 0 aromatic carbocycles. The topological polar surface area (TPSA) is 0 Å². The van der Waals surface area contributed by atoms with Gasteiger partial charge in [0.25, 0.3) is 0 Å². The molecule has 0 nitrogen and oxygen atoms in total. The third-order valence-corrected chi connectivity index (χ3v) is 3.80. The Labute approximate surface area is 90.6 Å². The summed E-state index contributed by atoms with van der Waals surface area (Å²) in [5.41, 5.74) is 0. The molecule has 1 saturated carbocycles. The van der Waals surface area contributed by atoms with E-state index in [1.807, 2.05) is 0 Å². The molecule has 0 saturated heterocycles. The zero-order valence-electron chi connectivity index (χ0n) is 8.19. The molecule has 1 aliphatic carbocycles. The molecule has 0 bridgehead atoms. The van der Waals surface area contributed by atoms with E-state index in [2.05, 4.69) is 29.5 Å². The number of rotatable bonds is 4. The number of hydrogen-bond acceptors (Lipinski definition) is 0. The Morgan fingerprint density at radius 3 is 1.92 bits per heavy atom. The molecule has 0 aromatic heterocycles. The predicted octanol–water partition coefficient (Wildman–Crippen LogP) is 4.42. The van der Waals surface area contributed by atoms with Crippen molar-refractivity contribution in [2.24, 2.45) is 11.8 Å². The van der Waals surface area contributed by atoms with E-state index in [9.17, 15) is 0 Å². The summed E-state index contributed by atoms with van der Waals surface area (Å²) in [6.45, 7) is 2.32. The molecule has 0 aromatic rings. The predicted molar refractivity (Wildman–Crippen MR) is 63.9 cm³/mol. The van der Waals surface area contributed by atoms with Crippen molar-refractivity contribution >= 4 is 22.6 Å². The van der Waals surface area contributed by atoms with E-state index in [1.54, 1.807) is 0 Å². The summed E-state index contributed by atoms with van der Waals surface area (Å²) in [6, 6.07) is 0. The Bertz CT molecular complexity index is 89.6. The highest BCUT2D eigenvalue weighted by molar-refractivity contribution is 14.1. The number of halogens is 1. The first kappa shape index (κ1) is 10.8. The average Bonchev–Trinajstić information content (AvgIpc) is 2.09. The van der Waals surface area contributed by atoms with Gasteiger partial charge in [0.2, 0.25) is 0 Å². The van der Waals surface area contributed by atoms with Crippen molar-refractivity contribution in [2.45, 2.75) is 51.9 Å². The lowest BCUT2D eigenvalue weighted by atomic mass is 9.79. The second kappa shape index (κ2) is 6.22. The molecule has 1 fully saturated rings. The van der Waals surface area contributed by atoms with Crippen LogP contribution >= 0.6 is 22.6 Å². The van der Waals surface area contributed by atoms with Gasteiger partial charge >= 0.3 is 0 Å². The largest absolute Gasteiger partial charge is 0.0864 e. The Hall–Kier alpha value is 0.730. The van der Waals surface area contributed by atoms with E-state index in [-0.39, 0.29) is 0 Å². The molecule has 72 valence electrons. The molecule has 0 heterocycles. The highest BCUT2D eigenvalue weighted by Crippen LogP contribution is 2.33. The van der Waals surface area contributed by atoms with Crippen molar-refractivity contribution in [1.29, 1.82) is 0 Å². The van der Waals surface area contributed by atoms with Gasteiger partial charge in [-0.1, -0.05) is 68.0 Å². The van der Waals surface area contributed by atoms with Crippen molar-refractivity contribution in [3.05, 3.63) is 0 Å². The number of hydrogen-bond donors (Lipinski definition) is 0. The van der Waals surface area contributed by atoms with Crippen LogP contribution in [0.1, 0.15) is 51.9 Å². The van der Waals surface area contributed by atoms with Crippen molar-refractivity contribution in [2.75, 3.05) is 4.43 Å². The fraction of sp³-hybridized carbons (Fsp3) is 1.00. The van der Waals surface area contributed by atoms with Crippen LogP contribution in [0.15, 0.2) is 0 Å². The lowest BCUT2D eigenvalue weighted by Gasteiger charge is -2.27. The van der Waals surface area contributed by atoms with E-state index in [0.717, 1.165) is 11.8 Å². The summed E-state index contributed by atoms with van der Waals surface area (Å²) >= 11 is 2.51. The van der Waals surface area contributed by atoms with Gasteiger partial charge in [-0.3, -0.25) is 0 Å². The van der Waals surface area contributed by atoms with Crippen LogP contribution in [-0.4, -0.2) is 4.43 Å². The maximum Gasteiger partial charge on any atom is -0.000209 e. The van der Waals surface area contributed by atoms with E-state index < -0.39 is 0 Å². The van der Waals surface area contributed by atoms with E-state index >= 15 is 0 Å². The third-order valence-electron chi connectivity index (χ3n) is 3.18. The zero-order valence-corrected chi connectivity index (χ0v) is 10.3. The highest BCUT2D eigenvalue weighted by Gasteiger charge is 2.19. The average molecular weight is 280 g/mol. The molecular weight excluding hydrogens is 259 g/mol. The lowest BCUT2D eigenvalue weighted by Crippen LogP contribution is -2.14. The first-order valence-corrected chi connectivity index (χ1v) is 6.95. The van der Waals surface area contributed by atoms with Gasteiger partial charge in [-0.25, -0.2) is 0 Å². The van der Waals surface area contributed by atoms with Crippen molar-refractivity contribution in [1.82, 2.24) is 0 Å². The third kappa shape index (κ3) is 3.63. The second-order valence-electron chi connectivity index (χ2n) is 4.15. The minimum Gasteiger partial charge on any atom is -0.0864 e. The Kier molecular flexibility index (Phi) is 5.61. The molecule has 0 radical (unpaired) electrons. The van der Waals surface area contributed by atoms with Crippen LogP contribution in [0.4, 0.5) is 0 Å². The molecule has 0 atom stereocenters. The maximum atomic E-state index is 2.51. The monoisotopic (exact) mass is 280 g/mol. The molecule has 0 aliphatic heterocycles. The van der Waals surface area contributed by atoms with Crippen molar-refractivity contribution in [3.63, 3.8) is 0 Å². The SMILES string of the molecule is CCC[C@H]1CC[C@H](CCI)CC1. The van der Waals surface area contributed by atoms with Gasteiger partial charge in [-0.05, 0) is 22.7 Å². The fourth-order valence-electron chi connectivity index (χ4n) is 2.37. The fourth-order valence-corrected chi connectivity index (χ4v) is 3.25. The molecular formula is C11H21I. The van der Waals surface area contributed by atoms with Crippen LogP contribution in [-0.2, 0) is 0 Å². The standard InChI is InChI=1S/C11H21I/c1-2-3-10-4-6-11(7-5-10)8-9-12/h10-11H,2-9H2,1H3/t10-,11-. The molecule has 0 spiro atoms. The second-order valence-corrected chi connectivity index (χ2v) is 5.23. The van der Waals surface area contributed by atoms with Gasteiger partial charge in [0.15, 0.2) is 0 Å². The summed E-state index contributed by atoms with van der Waals surface area (Å²) in [5, 5.41) is 0. The highest BCUT2D eigenvalue weighted by atomic mass is 127. The van der Waals surface area contributed by atoms with Crippen LogP contribution in [0.3, 0.4) is 0 Å². The summed E-state index contributed by atoms with van der Waals surface area (Å²) < 4.78 is 1.36. The smallest absolute Gasteiger partial charge is 0.000209 e. The molecule has 12 heavy (non-hydrogen) atoms. The Morgan fingerprint density at radius 1 is 1.00 bits per heavy atom. The lowest BCUT2D eigenvalue weighted by molar-refractivity contribution is 0.259. The Balaban J connectivity index is 2.11. The minimum atomic E-state index is 1.08. The molecule has 1 heteroatoms. The van der Waals surface area contributed by atoms with Crippen LogP contribution in [0.5, 0.6) is 0 Å². The molecule has 1 rings (SSSR count). The van der Waals surface area contributed by atoms with E-state index in [0.29, 0.717) is 0 Å². The van der Waals surface area contributed by atoms with Crippen molar-refractivity contribution in [3.8, 4) is 0 Å². The first-order chi connectivity index (χ1) is 5.86. The van der Waals surface area contributed by atoms with Gasteiger partial charge in [-0.2, -0.15) is 0 Å². The minimum absolute atomic E-state index is 1.08. The zero-order chi connectivity index (χ0) is 8.81. The first-order valence-electron chi connectivity index (χ1n) is 5.42. The normalized spacial score (nSPS) is 30.5. The molecule has 0 unspecified atom stereocenters. The Morgan fingerprint density at radius 2 is 1.50 bits per heavy atom. The summed E-state index contributed by atoms with van der Waals surface area (Å²) in [4.78, 5) is 0. The van der Waals surface area contributed by atoms with Gasteiger partial charge in [-0.15, -0.1) is 0 Å². The van der Waals surface area contributed by atoms with E-state index in [1.165, 1.54) is 49.4 Å². The van der Waals surface area contributed by atoms with Crippen LogP contribution in [0, 0.1) is 11.8 Å². The van der Waals surface area contributed by atoms with Crippen molar-refractivity contribution < 1.29 is 0 Å². The summed E-state index contributed by atoms with van der Waals surface area (Å²) in [7, 11) is 0. The van der Waals surface area contributed by atoms with Crippen LogP contribution in [0.25, 0.3) is 0 Å². The van der Waals surface area contributed by atoms with E-state index in [4.69, 9.17) is 0 Å². The quantitative estimate of drug-likeness (QED) is 0.528. The van der Waals surface area contributed by atoms with Gasteiger partial charge < -0.3 is 0 Å². The van der Waals surface area contributed by atoms with Gasteiger partial charge in [0.1, 0.15) is 0 Å². The van der Waals surface area contributed by atoms with Gasteiger partial charge in [0.05, 0.1) is 0 Å². The van der Waals surface area contributed by atoms with Crippen LogP contribution in [0.2, 0.25) is 0 Å². The summed E-state index contributed by atoms with van der Waals surface area (Å²) in [6.07, 6.45) is 10.4. The molecule has 0 N–H and O–H groups in total. The number of alkyl halides is 1.